The molecule has 2 rings (SSSR count). The van der Waals surface area contributed by atoms with Gasteiger partial charge in [0.05, 0.1) is 5.69 Å². The van der Waals surface area contributed by atoms with E-state index in [1.807, 2.05) is 0 Å². The second-order valence-corrected chi connectivity index (χ2v) is 6.06. The van der Waals surface area contributed by atoms with Gasteiger partial charge in [-0.05, 0) is 13.8 Å². The molecule has 1 amide bonds. The van der Waals surface area contributed by atoms with E-state index in [0.717, 1.165) is 5.69 Å². The Bertz CT molecular complexity index is 597. The van der Waals surface area contributed by atoms with Crippen LogP contribution in [0, 0.1) is 13.8 Å². The summed E-state index contributed by atoms with van der Waals surface area (Å²) in [7, 11) is 1.75. The third-order valence-electron chi connectivity index (χ3n) is 4.25. The predicted molar refractivity (Wildman–Crippen MR) is 85.5 cm³/mol. The fraction of sp³-hybridized carbons (Fsp3) is 0.733. The molecule has 2 N–H and O–H groups in total. The minimum Gasteiger partial charge on any atom is -0.480 e. The van der Waals surface area contributed by atoms with E-state index in [9.17, 15) is 18.0 Å². The number of carbonyl (C=O) groups excluding carboxylic acids is 1. The van der Waals surface area contributed by atoms with Crippen molar-refractivity contribution in [1.82, 2.24) is 25.3 Å². The number of alkyl halides is 3. The molecule has 1 aromatic rings. The minimum absolute atomic E-state index is 0.296. The Morgan fingerprint density at radius 2 is 2.00 bits per heavy atom. The molecule has 1 aliphatic heterocycles. The van der Waals surface area contributed by atoms with E-state index in [-0.39, 0.29) is 6.61 Å². The van der Waals surface area contributed by atoms with Gasteiger partial charge in [-0.2, -0.15) is 18.3 Å². The molecule has 1 unspecified atom stereocenters. The van der Waals surface area contributed by atoms with E-state index in [1.165, 1.54) is 4.90 Å². The van der Waals surface area contributed by atoms with Crippen LogP contribution >= 0.6 is 0 Å². The molecular formula is C15H24F3N5O2. The highest BCUT2D eigenvalue weighted by molar-refractivity contribution is 5.77. The highest BCUT2D eigenvalue weighted by atomic mass is 19.4. The van der Waals surface area contributed by atoms with E-state index in [1.54, 1.807) is 25.6 Å². The number of aromatic nitrogens is 2. The molecule has 0 saturated carbocycles. The van der Waals surface area contributed by atoms with Gasteiger partial charge in [0.2, 0.25) is 0 Å². The summed E-state index contributed by atoms with van der Waals surface area (Å²) in [6, 6.07) is -1.69. The number of piperazine rings is 1. The lowest BCUT2D eigenvalue weighted by Gasteiger charge is -2.35. The average molecular weight is 363 g/mol. The first kappa shape index (κ1) is 19.5. The highest BCUT2D eigenvalue weighted by Crippen LogP contribution is 2.25. The van der Waals surface area contributed by atoms with Crippen LogP contribution in [0.1, 0.15) is 11.4 Å². The molecule has 1 aromatic heterocycles. The smallest absolute Gasteiger partial charge is 0.405 e. The minimum atomic E-state index is -4.40. The molecule has 0 spiro atoms. The highest BCUT2D eigenvalue weighted by Gasteiger charge is 2.43. The number of ether oxygens (including phenoxy) is 1. The van der Waals surface area contributed by atoms with Gasteiger partial charge >= 0.3 is 6.18 Å². The molecule has 142 valence electrons. The maximum Gasteiger partial charge on any atom is 0.405 e. The topological polar surface area (TPSA) is 71.4 Å². The molecule has 10 heteroatoms. The van der Waals surface area contributed by atoms with Crippen LogP contribution in [0.2, 0.25) is 0 Å². The van der Waals surface area contributed by atoms with Gasteiger partial charge in [0.15, 0.2) is 12.4 Å². The van der Waals surface area contributed by atoms with Gasteiger partial charge in [0.25, 0.3) is 5.91 Å². The second-order valence-electron chi connectivity index (χ2n) is 6.06. The standard InChI is InChI=1S/C15H24F3N5O2/c1-10-14(11(2)22(3)21-10)25-9-13(24)20-8-12(15(16,17)18)23-6-4-19-5-7-23/h12,19H,4-9H2,1-3H3,(H,20,24). The van der Waals surface area contributed by atoms with Gasteiger partial charge < -0.3 is 15.4 Å². The molecule has 2 heterocycles. The number of hydrogen-bond acceptors (Lipinski definition) is 5. The van der Waals surface area contributed by atoms with Crippen molar-refractivity contribution in [2.75, 3.05) is 39.3 Å². The van der Waals surface area contributed by atoms with Crippen LogP contribution in [0.4, 0.5) is 13.2 Å². The summed E-state index contributed by atoms with van der Waals surface area (Å²) in [5.41, 5.74) is 1.38. The van der Waals surface area contributed by atoms with Crippen molar-refractivity contribution in [3.05, 3.63) is 11.4 Å². The zero-order valence-corrected chi connectivity index (χ0v) is 14.6. The fourth-order valence-electron chi connectivity index (χ4n) is 2.81. The molecule has 1 fully saturated rings. The maximum absolute atomic E-state index is 13.3. The molecule has 0 bridgehead atoms. The number of nitrogens with zero attached hydrogens (tertiary/aromatic N) is 3. The van der Waals surface area contributed by atoms with Gasteiger partial charge in [-0.25, -0.2) is 0 Å². The van der Waals surface area contributed by atoms with Crippen molar-refractivity contribution in [2.24, 2.45) is 7.05 Å². The van der Waals surface area contributed by atoms with Crippen molar-refractivity contribution in [2.45, 2.75) is 26.1 Å². The van der Waals surface area contributed by atoms with Gasteiger partial charge in [0, 0.05) is 39.8 Å². The van der Waals surface area contributed by atoms with E-state index in [0.29, 0.717) is 37.6 Å². The third kappa shape index (κ3) is 5.08. The zero-order chi connectivity index (χ0) is 18.6. The van der Waals surface area contributed by atoms with E-state index in [2.05, 4.69) is 15.7 Å². The monoisotopic (exact) mass is 363 g/mol. The third-order valence-corrected chi connectivity index (χ3v) is 4.25. The van der Waals surface area contributed by atoms with Crippen LogP contribution in [-0.2, 0) is 11.8 Å². The Labute approximate surface area is 144 Å². The Hall–Kier alpha value is -1.81. The van der Waals surface area contributed by atoms with Gasteiger partial charge in [-0.3, -0.25) is 14.4 Å². The van der Waals surface area contributed by atoms with Gasteiger partial charge in [-0.15, -0.1) is 0 Å². The fourth-order valence-corrected chi connectivity index (χ4v) is 2.81. The molecule has 1 atom stereocenters. The lowest BCUT2D eigenvalue weighted by molar-refractivity contribution is -0.184. The quantitative estimate of drug-likeness (QED) is 0.764. The van der Waals surface area contributed by atoms with Crippen LogP contribution in [0.15, 0.2) is 0 Å². The van der Waals surface area contributed by atoms with E-state index >= 15 is 0 Å². The summed E-state index contributed by atoms with van der Waals surface area (Å²) in [5.74, 6) is -0.112. The van der Waals surface area contributed by atoms with Crippen molar-refractivity contribution in [1.29, 1.82) is 0 Å². The van der Waals surface area contributed by atoms with Crippen molar-refractivity contribution >= 4 is 5.91 Å². The number of halogens is 3. The molecule has 0 aliphatic carbocycles. The second kappa shape index (κ2) is 8.05. The number of hydrogen-bond donors (Lipinski definition) is 2. The lowest BCUT2D eigenvalue weighted by Crippen LogP contribution is -2.57. The summed E-state index contributed by atoms with van der Waals surface area (Å²) in [6.45, 7) is 4.29. The van der Waals surface area contributed by atoms with Crippen molar-refractivity contribution in [3.63, 3.8) is 0 Å². The summed E-state index contributed by atoms with van der Waals surface area (Å²) in [6.07, 6.45) is -4.40. The molecule has 0 radical (unpaired) electrons. The Balaban J connectivity index is 1.88. The molecule has 7 nitrogen and oxygen atoms in total. The first-order chi connectivity index (χ1) is 11.7. The molecule has 1 aliphatic rings. The van der Waals surface area contributed by atoms with Crippen molar-refractivity contribution in [3.8, 4) is 5.75 Å². The summed E-state index contributed by atoms with van der Waals surface area (Å²) >= 11 is 0. The number of aryl methyl sites for hydroxylation is 2. The molecule has 0 aromatic carbocycles. The van der Waals surface area contributed by atoms with Gasteiger partial charge in [0.1, 0.15) is 11.7 Å². The summed E-state index contributed by atoms with van der Waals surface area (Å²) in [5, 5.41) is 9.50. The number of amides is 1. The largest absolute Gasteiger partial charge is 0.480 e. The van der Waals surface area contributed by atoms with Crippen LogP contribution < -0.4 is 15.4 Å². The van der Waals surface area contributed by atoms with Crippen LogP contribution in [-0.4, -0.2) is 72.1 Å². The zero-order valence-electron chi connectivity index (χ0n) is 14.6. The molecule has 1 saturated heterocycles. The van der Waals surface area contributed by atoms with Crippen LogP contribution in [0.25, 0.3) is 0 Å². The first-order valence-electron chi connectivity index (χ1n) is 8.11. The normalized spacial score (nSPS) is 17.4. The van der Waals surface area contributed by atoms with Gasteiger partial charge in [-0.1, -0.05) is 0 Å². The predicted octanol–water partition coefficient (Wildman–Crippen LogP) is 0.368. The number of rotatable bonds is 6. The molecular weight excluding hydrogens is 339 g/mol. The Kier molecular flexibility index (Phi) is 6.28. The molecule has 25 heavy (non-hydrogen) atoms. The maximum atomic E-state index is 13.3. The van der Waals surface area contributed by atoms with E-state index in [4.69, 9.17) is 4.74 Å². The lowest BCUT2D eigenvalue weighted by atomic mass is 10.2. The van der Waals surface area contributed by atoms with Crippen LogP contribution in [0.3, 0.4) is 0 Å². The first-order valence-corrected chi connectivity index (χ1v) is 8.11. The number of nitrogens with one attached hydrogen (secondary N) is 2. The summed E-state index contributed by atoms with van der Waals surface area (Å²) in [4.78, 5) is 13.2. The number of carbonyl (C=O) groups is 1. The van der Waals surface area contributed by atoms with E-state index < -0.39 is 24.7 Å². The average Bonchev–Trinajstić information content (AvgIpc) is 2.78. The van der Waals surface area contributed by atoms with Crippen molar-refractivity contribution < 1.29 is 22.7 Å². The SMILES string of the molecule is Cc1nn(C)c(C)c1OCC(=O)NCC(N1CCNCC1)C(F)(F)F. The van der Waals surface area contributed by atoms with Crippen LogP contribution in [0.5, 0.6) is 5.75 Å². The Morgan fingerprint density at radius 1 is 1.36 bits per heavy atom. The Morgan fingerprint density at radius 3 is 2.52 bits per heavy atom. The summed E-state index contributed by atoms with van der Waals surface area (Å²) < 4.78 is 46.8.